The second-order valence-electron chi connectivity index (χ2n) is 5.50. The van der Waals surface area contributed by atoms with Crippen LogP contribution in [0.2, 0.25) is 0 Å². The van der Waals surface area contributed by atoms with E-state index in [0.29, 0.717) is 12.1 Å². The van der Waals surface area contributed by atoms with Gasteiger partial charge in [-0.05, 0) is 24.0 Å². The second-order valence-corrected chi connectivity index (χ2v) is 5.50. The Kier molecular flexibility index (Phi) is 4.49. The summed E-state index contributed by atoms with van der Waals surface area (Å²) >= 11 is 0. The van der Waals surface area contributed by atoms with Crippen molar-refractivity contribution in [2.75, 3.05) is 19.8 Å². The first-order valence-corrected chi connectivity index (χ1v) is 7.44. The molecule has 3 nitrogen and oxygen atoms in total. The van der Waals surface area contributed by atoms with Crippen LogP contribution in [0.4, 0.5) is 0 Å². The third-order valence-corrected chi connectivity index (χ3v) is 4.12. The Morgan fingerprint density at radius 3 is 2.95 bits per heavy atom. The molecule has 0 radical (unpaired) electrons. The molecule has 0 saturated heterocycles. The normalized spacial score (nSPS) is 23.5. The van der Waals surface area contributed by atoms with Gasteiger partial charge in [-0.2, -0.15) is 0 Å². The molecule has 1 aliphatic heterocycles. The number of benzene rings is 1. The van der Waals surface area contributed by atoms with E-state index in [1.807, 2.05) is 0 Å². The van der Waals surface area contributed by atoms with E-state index >= 15 is 0 Å². The Bertz CT molecular complexity index is 401. The number of ether oxygens (including phenoxy) is 2. The van der Waals surface area contributed by atoms with Gasteiger partial charge in [-0.1, -0.05) is 37.1 Å². The summed E-state index contributed by atoms with van der Waals surface area (Å²) in [4.78, 5) is 0. The van der Waals surface area contributed by atoms with Gasteiger partial charge in [0.1, 0.15) is 0 Å². The van der Waals surface area contributed by atoms with Crippen molar-refractivity contribution in [3.05, 3.63) is 35.4 Å². The lowest BCUT2D eigenvalue weighted by atomic mass is 9.99. The van der Waals surface area contributed by atoms with Crippen molar-refractivity contribution in [2.24, 2.45) is 0 Å². The van der Waals surface area contributed by atoms with E-state index in [1.165, 1.54) is 36.8 Å². The maximum absolute atomic E-state index is 5.88. The van der Waals surface area contributed by atoms with E-state index in [0.717, 1.165) is 26.4 Å². The molecule has 1 atom stereocenters. The standard InChI is InChI=1S/C16H23NO2/c1-4-8-15-13(5-1)11-18-12-16(15)17-9-10-19-14-6-2-3-7-14/h1,4-5,8,14,16-17H,2-3,6-7,9-12H2. The van der Waals surface area contributed by atoms with E-state index in [1.54, 1.807) is 0 Å². The first-order chi connectivity index (χ1) is 9.43. The smallest absolute Gasteiger partial charge is 0.0721 e. The first-order valence-electron chi connectivity index (χ1n) is 7.44. The Morgan fingerprint density at radius 2 is 2.05 bits per heavy atom. The Balaban J connectivity index is 1.45. The molecule has 1 fully saturated rings. The highest BCUT2D eigenvalue weighted by atomic mass is 16.5. The number of hydrogen-bond donors (Lipinski definition) is 1. The van der Waals surface area contributed by atoms with E-state index in [2.05, 4.69) is 29.6 Å². The minimum atomic E-state index is 0.317. The maximum atomic E-state index is 5.88. The van der Waals surface area contributed by atoms with Crippen molar-refractivity contribution in [3.63, 3.8) is 0 Å². The minimum absolute atomic E-state index is 0.317. The van der Waals surface area contributed by atoms with Crippen molar-refractivity contribution >= 4 is 0 Å². The third-order valence-electron chi connectivity index (χ3n) is 4.12. The summed E-state index contributed by atoms with van der Waals surface area (Å²) in [5.41, 5.74) is 2.69. The van der Waals surface area contributed by atoms with Gasteiger partial charge in [0, 0.05) is 6.54 Å². The molecule has 0 spiro atoms. The lowest BCUT2D eigenvalue weighted by Gasteiger charge is -2.26. The van der Waals surface area contributed by atoms with Gasteiger partial charge in [0.25, 0.3) is 0 Å². The zero-order chi connectivity index (χ0) is 12.9. The van der Waals surface area contributed by atoms with Crippen molar-refractivity contribution in [1.29, 1.82) is 0 Å². The summed E-state index contributed by atoms with van der Waals surface area (Å²) in [6.07, 6.45) is 5.67. The summed E-state index contributed by atoms with van der Waals surface area (Å²) in [5, 5.41) is 3.55. The van der Waals surface area contributed by atoms with Crippen molar-refractivity contribution in [1.82, 2.24) is 5.32 Å². The van der Waals surface area contributed by atoms with Crippen LogP contribution in [-0.4, -0.2) is 25.9 Å². The van der Waals surface area contributed by atoms with E-state index in [-0.39, 0.29) is 0 Å². The monoisotopic (exact) mass is 261 g/mol. The highest BCUT2D eigenvalue weighted by molar-refractivity contribution is 5.30. The molecule has 1 unspecified atom stereocenters. The lowest BCUT2D eigenvalue weighted by Crippen LogP contribution is -2.32. The second kappa shape index (κ2) is 6.51. The van der Waals surface area contributed by atoms with Gasteiger partial charge < -0.3 is 14.8 Å². The molecule has 1 aromatic carbocycles. The molecule has 1 N–H and O–H groups in total. The molecule has 0 amide bonds. The first kappa shape index (κ1) is 13.1. The van der Waals surface area contributed by atoms with Crippen LogP contribution >= 0.6 is 0 Å². The number of fused-ring (bicyclic) bond motifs is 1. The molecule has 0 bridgehead atoms. The van der Waals surface area contributed by atoms with Crippen molar-refractivity contribution < 1.29 is 9.47 Å². The van der Waals surface area contributed by atoms with Crippen LogP contribution < -0.4 is 5.32 Å². The van der Waals surface area contributed by atoms with Crippen LogP contribution in [0.3, 0.4) is 0 Å². The number of rotatable bonds is 5. The molecule has 0 aromatic heterocycles. The molecular weight excluding hydrogens is 238 g/mol. The molecule has 3 heteroatoms. The van der Waals surface area contributed by atoms with Crippen LogP contribution in [-0.2, 0) is 16.1 Å². The SMILES string of the molecule is c1ccc2c(c1)COCC2NCCOC1CCCC1. The average molecular weight is 261 g/mol. The number of hydrogen-bond acceptors (Lipinski definition) is 3. The summed E-state index contributed by atoms with van der Waals surface area (Å²) < 4.78 is 11.5. The maximum Gasteiger partial charge on any atom is 0.0721 e. The van der Waals surface area contributed by atoms with Gasteiger partial charge in [0.05, 0.1) is 32.0 Å². The highest BCUT2D eigenvalue weighted by Crippen LogP contribution is 2.24. The van der Waals surface area contributed by atoms with Gasteiger partial charge in [0.2, 0.25) is 0 Å². The lowest BCUT2D eigenvalue weighted by molar-refractivity contribution is 0.0500. The van der Waals surface area contributed by atoms with E-state index < -0.39 is 0 Å². The Morgan fingerprint density at radius 1 is 1.21 bits per heavy atom. The van der Waals surface area contributed by atoms with Crippen LogP contribution in [0, 0.1) is 0 Å². The fourth-order valence-electron chi connectivity index (χ4n) is 3.06. The van der Waals surface area contributed by atoms with Gasteiger partial charge in [-0.25, -0.2) is 0 Å². The zero-order valence-corrected chi connectivity index (χ0v) is 11.4. The van der Waals surface area contributed by atoms with Crippen LogP contribution in [0.15, 0.2) is 24.3 Å². The molecule has 104 valence electrons. The molecule has 1 aliphatic carbocycles. The Labute approximate surface area is 115 Å². The van der Waals surface area contributed by atoms with Crippen LogP contribution in [0.1, 0.15) is 42.9 Å². The van der Waals surface area contributed by atoms with Crippen LogP contribution in [0.25, 0.3) is 0 Å². The molecule has 2 aliphatic rings. The Hall–Kier alpha value is -0.900. The quantitative estimate of drug-likeness (QED) is 0.827. The molecule has 1 aromatic rings. The minimum Gasteiger partial charge on any atom is -0.377 e. The molecule has 1 saturated carbocycles. The van der Waals surface area contributed by atoms with Crippen molar-refractivity contribution in [2.45, 2.75) is 44.4 Å². The molecule has 3 rings (SSSR count). The van der Waals surface area contributed by atoms with Crippen LogP contribution in [0.5, 0.6) is 0 Å². The van der Waals surface area contributed by atoms with Crippen molar-refractivity contribution in [3.8, 4) is 0 Å². The summed E-state index contributed by atoms with van der Waals surface area (Å²) in [5.74, 6) is 0. The largest absolute Gasteiger partial charge is 0.377 e. The van der Waals surface area contributed by atoms with E-state index in [9.17, 15) is 0 Å². The molecular formula is C16H23NO2. The molecule has 19 heavy (non-hydrogen) atoms. The topological polar surface area (TPSA) is 30.5 Å². The highest BCUT2D eigenvalue weighted by Gasteiger charge is 2.20. The third kappa shape index (κ3) is 3.35. The summed E-state index contributed by atoms with van der Waals surface area (Å²) in [7, 11) is 0. The van der Waals surface area contributed by atoms with Gasteiger partial charge in [-0.3, -0.25) is 0 Å². The summed E-state index contributed by atoms with van der Waals surface area (Å²) in [6, 6.07) is 8.85. The average Bonchev–Trinajstić information content (AvgIpc) is 2.97. The predicted octanol–water partition coefficient (Wildman–Crippen LogP) is 2.81. The fraction of sp³-hybridized carbons (Fsp3) is 0.625. The van der Waals surface area contributed by atoms with E-state index in [4.69, 9.17) is 9.47 Å². The van der Waals surface area contributed by atoms with Gasteiger partial charge >= 0.3 is 0 Å². The zero-order valence-electron chi connectivity index (χ0n) is 11.4. The van der Waals surface area contributed by atoms with Gasteiger partial charge in [-0.15, -0.1) is 0 Å². The van der Waals surface area contributed by atoms with Gasteiger partial charge in [0.15, 0.2) is 0 Å². The molecule has 1 heterocycles. The number of nitrogens with one attached hydrogen (secondary N) is 1. The fourth-order valence-corrected chi connectivity index (χ4v) is 3.06. The predicted molar refractivity (Wildman–Crippen MR) is 75.0 cm³/mol. The summed E-state index contributed by atoms with van der Waals surface area (Å²) in [6.45, 7) is 3.22.